The molecule has 0 aliphatic heterocycles. The SMILES string of the molecule is O=C(C1CCc2cccnc21)C1(c2ccccc2)CCC1. The molecule has 21 heavy (non-hydrogen) atoms. The van der Waals surface area contributed by atoms with Gasteiger partial charge in [-0.3, -0.25) is 9.78 Å². The highest BCUT2D eigenvalue weighted by Gasteiger charge is 2.49. The van der Waals surface area contributed by atoms with E-state index >= 15 is 0 Å². The number of carbonyl (C=O) groups is 1. The lowest BCUT2D eigenvalue weighted by molar-refractivity contribution is -0.129. The Labute approximate surface area is 125 Å². The van der Waals surface area contributed by atoms with Crippen molar-refractivity contribution in [3.05, 3.63) is 65.5 Å². The van der Waals surface area contributed by atoms with Gasteiger partial charge in [0.15, 0.2) is 5.78 Å². The van der Waals surface area contributed by atoms with Gasteiger partial charge in [0.05, 0.1) is 17.0 Å². The van der Waals surface area contributed by atoms with Crippen molar-refractivity contribution in [1.82, 2.24) is 4.98 Å². The molecular formula is C19H19NO. The molecule has 2 aromatic rings. The third kappa shape index (κ3) is 1.85. The average Bonchev–Trinajstić information content (AvgIpc) is 2.91. The summed E-state index contributed by atoms with van der Waals surface area (Å²) in [5.74, 6) is 0.402. The maximum absolute atomic E-state index is 13.3. The minimum atomic E-state index is -0.245. The highest BCUT2D eigenvalue weighted by Crippen LogP contribution is 2.49. The number of carbonyl (C=O) groups excluding carboxylic acids is 1. The highest BCUT2D eigenvalue weighted by atomic mass is 16.1. The lowest BCUT2D eigenvalue weighted by atomic mass is 9.59. The Bertz CT molecular complexity index is 673. The molecule has 106 valence electrons. The van der Waals surface area contributed by atoms with Crippen LogP contribution in [0.3, 0.4) is 0 Å². The second-order valence-electron chi connectivity index (χ2n) is 6.30. The molecule has 1 heterocycles. The van der Waals surface area contributed by atoms with Crippen LogP contribution < -0.4 is 0 Å². The zero-order valence-electron chi connectivity index (χ0n) is 12.1. The lowest BCUT2D eigenvalue weighted by Gasteiger charge is -2.42. The Morgan fingerprint density at radius 1 is 1.10 bits per heavy atom. The summed E-state index contributed by atoms with van der Waals surface area (Å²) in [6, 6.07) is 14.4. The fraction of sp³-hybridized carbons (Fsp3) is 0.368. The summed E-state index contributed by atoms with van der Waals surface area (Å²) in [4.78, 5) is 17.8. The maximum atomic E-state index is 13.3. The number of hydrogen-bond acceptors (Lipinski definition) is 2. The summed E-state index contributed by atoms with van der Waals surface area (Å²) in [6.07, 6.45) is 6.88. The summed E-state index contributed by atoms with van der Waals surface area (Å²) >= 11 is 0. The first-order valence-corrected chi connectivity index (χ1v) is 7.85. The quantitative estimate of drug-likeness (QED) is 0.854. The number of pyridine rings is 1. The van der Waals surface area contributed by atoms with Crippen molar-refractivity contribution in [3.8, 4) is 0 Å². The van der Waals surface area contributed by atoms with Gasteiger partial charge >= 0.3 is 0 Å². The van der Waals surface area contributed by atoms with Gasteiger partial charge < -0.3 is 0 Å². The fourth-order valence-corrected chi connectivity index (χ4v) is 3.97. The Hall–Kier alpha value is -1.96. The van der Waals surface area contributed by atoms with Crippen molar-refractivity contribution in [3.63, 3.8) is 0 Å². The number of nitrogens with zero attached hydrogens (tertiary/aromatic N) is 1. The van der Waals surface area contributed by atoms with Crippen LogP contribution >= 0.6 is 0 Å². The Kier molecular flexibility index (Phi) is 2.91. The molecule has 4 rings (SSSR count). The molecule has 2 heteroatoms. The minimum absolute atomic E-state index is 0.00158. The number of fused-ring (bicyclic) bond motifs is 1. The number of aryl methyl sites for hydroxylation is 1. The second kappa shape index (κ2) is 4.80. The summed E-state index contributed by atoms with van der Waals surface area (Å²) in [6.45, 7) is 0. The molecule has 2 aliphatic rings. The van der Waals surface area contributed by atoms with Gasteiger partial charge in [0.25, 0.3) is 0 Å². The molecule has 1 aromatic carbocycles. The molecule has 2 aliphatic carbocycles. The van der Waals surface area contributed by atoms with Crippen molar-refractivity contribution in [1.29, 1.82) is 0 Å². The van der Waals surface area contributed by atoms with Crippen molar-refractivity contribution in [2.45, 2.75) is 43.4 Å². The normalized spacial score (nSPS) is 22.4. The van der Waals surface area contributed by atoms with Crippen LogP contribution in [0.15, 0.2) is 48.7 Å². The van der Waals surface area contributed by atoms with Gasteiger partial charge in [0, 0.05) is 6.20 Å². The van der Waals surface area contributed by atoms with E-state index in [2.05, 4.69) is 23.2 Å². The zero-order chi connectivity index (χ0) is 14.3. The minimum Gasteiger partial charge on any atom is -0.298 e. The molecule has 1 saturated carbocycles. The number of rotatable bonds is 3. The molecule has 0 spiro atoms. The molecule has 1 atom stereocenters. The van der Waals surface area contributed by atoms with E-state index < -0.39 is 0 Å². The van der Waals surface area contributed by atoms with Crippen LogP contribution in [-0.2, 0) is 16.6 Å². The van der Waals surface area contributed by atoms with E-state index in [0.717, 1.165) is 37.8 Å². The van der Waals surface area contributed by atoms with Gasteiger partial charge in [-0.15, -0.1) is 0 Å². The topological polar surface area (TPSA) is 30.0 Å². The summed E-state index contributed by atoms with van der Waals surface area (Å²) in [5, 5.41) is 0. The number of benzene rings is 1. The molecule has 0 radical (unpaired) electrons. The van der Waals surface area contributed by atoms with E-state index in [-0.39, 0.29) is 11.3 Å². The monoisotopic (exact) mass is 277 g/mol. The molecule has 1 aromatic heterocycles. The first kappa shape index (κ1) is 12.8. The third-order valence-electron chi connectivity index (χ3n) is 5.28. The summed E-state index contributed by atoms with van der Waals surface area (Å²) < 4.78 is 0. The summed E-state index contributed by atoms with van der Waals surface area (Å²) in [5.41, 5.74) is 3.25. The predicted molar refractivity (Wildman–Crippen MR) is 82.3 cm³/mol. The largest absolute Gasteiger partial charge is 0.298 e. The van der Waals surface area contributed by atoms with E-state index in [4.69, 9.17) is 0 Å². The molecule has 1 unspecified atom stereocenters. The Morgan fingerprint density at radius 2 is 1.90 bits per heavy atom. The van der Waals surface area contributed by atoms with Gasteiger partial charge in [0.1, 0.15) is 0 Å². The smallest absolute Gasteiger partial charge is 0.152 e. The van der Waals surface area contributed by atoms with E-state index in [0.29, 0.717) is 5.78 Å². The van der Waals surface area contributed by atoms with Crippen LogP contribution in [0.4, 0.5) is 0 Å². The van der Waals surface area contributed by atoms with Crippen LogP contribution in [0.1, 0.15) is 48.4 Å². The Balaban J connectivity index is 1.72. The first-order valence-electron chi connectivity index (χ1n) is 7.85. The van der Waals surface area contributed by atoms with Crippen molar-refractivity contribution in [2.24, 2.45) is 0 Å². The van der Waals surface area contributed by atoms with Gasteiger partial charge in [-0.05, 0) is 42.9 Å². The van der Waals surface area contributed by atoms with E-state index in [1.165, 1.54) is 11.1 Å². The molecule has 0 saturated heterocycles. The van der Waals surface area contributed by atoms with Gasteiger partial charge in [-0.25, -0.2) is 0 Å². The predicted octanol–water partition coefficient (Wildman–Crippen LogP) is 3.80. The zero-order valence-corrected chi connectivity index (χ0v) is 12.1. The molecule has 0 amide bonds. The van der Waals surface area contributed by atoms with Crippen LogP contribution in [0.5, 0.6) is 0 Å². The molecule has 1 fully saturated rings. The number of aromatic nitrogens is 1. The van der Waals surface area contributed by atoms with Crippen LogP contribution in [-0.4, -0.2) is 10.8 Å². The van der Waals surface area contributed by atoms with Crippen LogP contribution in [0.25, 0.3) is 0 Å². The first-order chi connectivity index (χ1) is 10.3. The number of hydrogen-bond donors (Lipinski definition) is 0. The lowest BCUT2D eigenvalue weighted by Crippen LogP contribution is -2.44. The van der Waals surface area contributed by atoms with E-state index in [1.54, 1.807) is 0 Å². The van der Waals surface area contributed by atoms with E-state index in [9.17, 15) is 4.79 Å². The van der Waals surface area contributed by atoms with Crippen LogP contribution in [0, 0.1) is 0 Å². The van der Waals surface area contributed by atoms with Gasteiger partial charge in [-0.1, -0.05) is 42.8 Å². The van der Waals surface area contributed by atoms with Crippen molar-refractivity contribution >= 4 is 5.78 Å². The highest BCUT2D eigenvalue weighted by molar-refractivity contribution is 5.96. The standard InChI is InChI=1S/C19H19NO/c21-18(16-10-9-14-6-4-13-20-17(14)16)19(11-5-12-19)15-7-2-1-3-8-15/h1-4,6-8,13,16H,5,9-12H2. The fourth-order valence-electron chi connectivity index (χ4n) is 3.97. The molecule has 0 bridgehead atoms. The van der Waals surface area contributed by atoms with Crippen LogP contribution in [0.2, 0.25) is 0 Å². The van der Waals surface area contributed by atoms with Gasteiger partial charge in [0.2, 0.25) is 0 Å². The van der Waals surface area contributed by atoms with Crippen molar-refractivity contribution in [2.75, 3.05) is 0 Å². The number of ketones is 1. The Morgan fingerprint density at radius 3 is 2.62 bits per heavy atom. The van der Waals surface area contributed by atoms with Gasteiger partial charge in [-0.2, -0.15) is 0 Å². The van der Waals surface area contributed by atoms with Crippen molar-refractivity contribution < 1.29 is 4.79 Å². The molecule has 0 N–H and O–H groups in total. The number of Topliss-reactive ketones (excluding diaryl/α,β-unsaturated/α-hetero) is 1. The second-order valence-corrected chi connectivity index (χ2v) is 6.30. The summed E-state index contributed by atoms with van der Waals surface area (Å²) in [7, 11) is 0. The average molecular weight is 277 g/mol. The van der Waals surface area contributed by atoms with E-state index in [1.807, 2.05) is 30.5 Å². The molecular weight excluding hydrogens is 258 g/mol. The third-order valence-corrected chi connectivity index (χ3v) is 5.28. The maximum Gasteiger partial charge on any atom is 0.152 e. The molecule has 2 nitrogen and oxygen atoms in total.